The Morgan fingerprint density at radius 3 is 3.00 bits per heavy atom. The molecule has 1 aromatic rings. The molecule has 0 aliphatic carbocycles. The van der Waals surface area contributed by atoms with Gasteiger partial charge in [0.1, 0.15) is 5.82 Å². The molecule has 0 saturated carbocycles. The minimum atomic E-state index is 0.0123. The molecule has 1 amide bonds. The standard InChI is InChI=1S/C12H11BrN2O/c1-3-9-5-12(16)15(7-9)11-4-8(2)10(13)6-14-11/h1,4,6,9H,5,7H2,2H3. The van der Waals surface area contributed by atoms with Gasteiger partial charge in [0, 0.05) is 29.6 Å². The van der Waals surface area contributed by atoms with Crippen molar-refractivity contribution in [2.75, 3.05) is 11.4 Å². The average molecular weight is 279 g/mol. The van der Waals surface area contributed by atoms with E-state index in [4.69, 9.17) is 6.42 Å². The first-order chi connectivity index (χ1) is 7.61. The van der Waals surface area contributed by atoms with Gasteiger partial charge in [-0.05, 0) is 34.5 Å². The van der Waals surface area contributed by atoms with E-state index in [1.807, 2.05) is 13.0 Å². The molecule has 1 aliphatic rings. The van der Waals surface area contributed by atoms with Gasteiger partial charge in [0.25, 0.3) is 0 Å². The lowest BCUT2D eigenvalue weighted by Gasteiger charge is -2.15. The van der Waals surface area contributed by atoms with Crippen LogP contribution in [0.1, 0.15) is 12.0 Å². The largest absolute Gasteiger partial charge is 0.296 e. The highest BCUT2D eigenvalue weighted by molar-refractivity contribution is 9.10. The fraction of sp³-hybridized carbons (Fsp3) is 0.333. The molecule has 2 rings (SSSR count). The van der Waals surface area contributed by atoms with Gasteiger partial charge in [0.15, 0.2) is 0 Å². The quantitative estimate of drug-likeness (QED) is 0.738. The van der Waals surface area contributed by atoms with Gasteiger partial charge in [-0.2, -0.15) is 0 Å². The molecule has 1 atom stereocenters. The summed E-state index contributed by atoms with van der Waals surface area (Å²) in [4.78, 5) is 17.6. The van der Waals surface area contributed by atoms with Crippen LogP contribution in [-0.2, 0) is 4.79 Å². The molecule has 0 aromatic carbocycles. The first-order valence-electron chi connectivity index (χ1n) is 5.00. The van der Waals surface area contributed by atoms with E-state index in [0.29, 0.717) is 18.8 Å². The van der Waals surface area contributed by atoms with Crippen LogP contribution in [0.15, 0.2) is 16.7 Å². The SMILES string of the molecule is C#CC1CC(=O)N(c2cc(C)c(Br)cn2)C1. The summed E-state index contributed by atoms with van der Waals surface area (Å²) in [5, 5.41) is 0. The number of nitrogens with zero attached hydrogens (tertiary/aromatic N) is 2. The van der Waals surface area contributed by atoms with Crippen molar-refractivity contribution < 1.29 is 4.79 Å². The van der Waals surface area contributed by atoms with Gasteiger partial charge in [-0.25, -0.2) is 4.98 Å². The Hall–Kier alpha value is -1.34. The van der Waals surface area contributed by atoms with Crippen molar-refractivity contribution in [3.05, 3.63) is 22.3 Å². The Balaban J connectivity index is 2.29. The molecule has 2 heterocycles. The molecule has 3 nitrogen and oxygen atoms in total. The van der Waals surface area contributed by atoms with Crippen molar-refractivity contribution in [3.8, 4) is 12.3 Å². The third kappa shape index (κ3) is 1.96. The summed E-state index contributed by atoms with van der Waals surface area (Å²) in [6.45, 7) is 2.54. The van der Waals surface area contributed by atoms with Crippen molar-refractivity contribution in [2.24, 2.45) is 5.92 Å². The summed E-state index contributed by atoms with van der Waals surface area (Å²) in [6, 6.07) is 1.89. The Morgan fingerprint density at radius 2 is 2.44 bits per heavy atom. The van der Waals surface area contributed by atoms with Crippen molar-refractivity contribution in [3.63, 3.8) is 0 Å². The fourth-order valence-corrected chi connectivity index (χ4v) is 1.93. The van der Waals surface area contributed by atoms with Crippen LogP contribution in [0.4, 0.5) is 5.82 Å². The van der Waals surface area contributed by atoms with Crippen molar-refractivity contribution >= 4 is 27.7 Å². The number of pyridine rings is 1. The van der Waals surface area contributed by atoms with Crippen LogP contribution in [0.3, 0.4) is 0 Å². The second kappa shape index (κ2) is 4.26. The van der Waals surface area contributed by atoms with E-state index in [1.54, 1.807) is 11.1 Å². The van der Waals surface area contributed by atoms with Crippen molar-refractivity contribution in [2.45, 2.75) is 13.3 Å². The molecular weight excluding hydrogens is 268 g/mol. The summed E-state index contributed by atoms with van der Waals surface area (Å²) in [5.74, 6) is 3.37. The number of amides is 1. The molecule has 0 spiro atoms. The number of anilines is 1. The normalized spacial score (nSPS) is 19.9. The molecule has 4 heteroatoms. The highest BCUT2D eigenvalue weighted by Gasteiger charge is 2.30. The molecule has 0 bridgehead atoms. The van der Waals surface area contributed by atoms with Crippen LogP contribution in [-0.4, -0.2) is 17.4 Å². The predicted octanol–water partition coefficient (Wildman–Crippen LogP) is 2.14. The topological polar surface area (TPSA) is 33.2 Å². The van der Waals surface area contributed by atoms with Gasteiger partial charge in [0.2, 0.25) is 5.91 Å². The van der Waals surface area contributed by atoms with E-state index in [9.17, 15) is 4.79 Å². The van der Waals surface area contributed by atoms with Gasteiger partial charge < -0.3 is 0 Å². The molecule has 1 aromatic heterocycles. The van der Waals surface area contributed by atoms with Gasteiger partial charge in [-0.1, -0.05) is 0 Å². The third-order valence-corrected chi connectivity index (χ3v) is 3.50. The molecule has 1 fully saturated rings. The van der Waals surface area contributed by atoms with E-state index >= 15 is 0 Å². The van der Waals surface area contributed by atoms with Gasteiger partial charge in [-0.3, -0.25) is 9.69 Å². The van der Waals surface area contributed by atoms with Gasteiger partial charge >= 0.3 is 0 Å². The summed E-state index contributed by atoms with van der Waals surface area (Å²) in [6.07, 6.45) is 7.47. The molecule has 1 unspecified atom stereocenters. The van der Waals surface area contributed by atoms with E-state index in [0.717, 1.165) is 10.0 Å². The number of aromatic nitrogens is 1. The number of hydrogen-bond donors (Lipinski definition) is 0. The average Bonchev–Trinajstić information content (AvgIpc) is 2.64. The maximum Gasteiger partial charge on any atom is 0.229 e. The molecule has 1 aliphatic heterocycles. The monoisotopic (exact) mass is 278 g/mol. The molecule has 0 N–H and O–H groups in total. The van der Waals surface area contributed by atoms with E-state index in [-0.39, 0.29) is 11.8 Å². The van der Waals surface area contributed by atoms with Crippen molar-refractivity contribution in [1.82, 2.24) is 4.98 Å². The number of hydrogen-bond acceptors (Lipinski definition) is 2. The summed E-state index contributed by atoms with van der Waals surface area (Å²) in [5.41, 5.74) is 1.06. The van der Waals surface area contributed by atoms with Crippen LogP contribution < -0.4 is 4.90 Å². The van der Waals surface area contributed by atoms with E-state index in [1.165, 1.54) is 0 Å². The highest BCUT2D eigenvalue weighted by Crippen LogP contribution is 2.25. The lowest BCUT2D eigenvalue weighted by molar-refractivity contribution is -0.117. The highest BCUT2D eigenvalue weighted by atomic mass is 79.9. The zero-order valence-corrected chi connectivity index (χ0v) is 10.5. The van der Waals surface area contributed by atoms with E-state index < -0.39 is 0 Å². The lowest BCUT2D eigenvalue weighted by atomic mass is 10.1. The maximum absolute atomic E-state index is 11.7. The first-order valence-corrected chi connectivity index (χ1v) is 5.79. The van der Waals surface area contributed by atoms with Crippen molar-refractivity contribution in [1.29, 1.82) is 0 Å². The maximum atomic E-state index is 11.7. The summed E-state index contributed by atoms with van der Waals surface area (Å²) >= 11 is 3.38. The Kier molecular flexibility index (Phi) is 2.97. The Labute approximate surface area is 103 Å². The second-order valence-electron chi connectivity index (χ2n) is 3.86. The smallest absolute Gasteiger partial charge is 0.229 e. The van der Waals surface area contributed by atoms with Crippen LogP contribution in [0, 0.1) is 25.2 Å². The Morgan fingerprint density at radius 1 is 1.69 bits per heavy atom. The number of carbonyl (C=O) groups is 1. The van der Waals surface area contributed by atoms with Crippen LogP contribution in [0.25, 0.3) is 0 Å². The second-order valence-corrected chi connectivity index (χ2v) is 4.72. The zero-order chi connectivity index (χ0) is 11.7. The minimum Gasteiger partial charge on any atom is -0.296 e. The summed E-state index contributed by atoms with van der Waals surface area (Å²) < 4.78 is 0.941. The summed E-state index contributed by atoms with van der Waals surface area (Å²) in [7, 11) is 0. The van der Waals surface area contributed by atoms with Gasteiger partial charge in [0.05, 0.1) is 0 Å². The van der Waals surface area contributed by atoms with Crippen LogP contribution >= 0.6 is 15.9 Å². The number of aryl methyl sites for hydroxylation is 1. The Bertz CT molecular complexity index is 478. The third-order valence-electron chi connectivity index (χ3n) is 2.67. The molecule has 82 valence electrons. The first kappa shape index (κ1) is 11.2. The predicted molar refractivity (Wildman–Crippen MR) is 66.0 cm³/mol. The minimum absolute atomic E-state index is 0.0123. The number of terminal acetylenes is 1. The number of carbonyl (C=O) groups excluding carboxylic acids is 1. The lowest BCUT2D eigenvalue weighted by Crippen LogP contribution is -2.25. The van der Waals surface area contributed by atoms with Gasteiger partial charge in [-0.15, -0.1) is 12.3 Å². The van der Waals surface area contributed by atoms with E-state index in [2.05, 4.69) is 26.8 Å². The van der Waals surface area contributed by atoms with Crippen LogP contribution in [0.2, 0.25) is 0 Å². The molecule has 16 heavy (non-hydrogen) atoms. The molecule has 0 radical (unpaired) electrons. The number of rotatable bonds is 1. The number of halogens is 1. The molecular formula is C12H11BrN2O. The zero-order valence-electron chi connectivity index (χ0n) is 8.90. The van der Waals surface area contributed by atoms with Crippen LogP contribution in [0.5, 0.6) is 0 Å². The fourth-order valence-electron chi connectivity index (χ4n) is 1.71. The molecule has 1 saturated heterocycles.